The number of anilines is 1. The molecule has 0 saturated heterocycles. The van der Waals surface area contributed by atoms with Crippen LogP contribution in [-0.4, -0.2) is 28.5 Å². The number of fused-ring (bicyclic) bond motifs is 1. The number of aliphatic hydroxyl groups excluding tert-OH is 1. The minimum Gasteiger partial charge on any atom is -0.394 e. The fourth-order valence-electron chi connectivity index (χ4n) is 3.68. The number of nitrogens with one attached hydrogen (secondary N) is 3. The molecule has 0 radical (unpaired) electrons. The third kappa shape index (κ3) is 3.77. The second kappa shape index (κ2) is 8.00. The molecule has 4 rings (SSSR count). The maximum atomic E-state index is 12.8. The van der Waals surface area contributed by atoms with Gasteiger partial charge in [0.2, 0.25) is 0 Å². The van der Waals surface area contributed by atoms with Crippen LogP contribution < -0.4 is 10.6 Å². The number of aliphatic hydroxyl groups is 1. The van der Waals surface area contributed by atoms with E-state index in [2.05, 4.69) is 15.6 Å². The van der Waals surface area contributed by atoms with Gasteiger partial charge in [0.05, 0.1) is 18.2 Å². The highest BCUT2D eigenvalue weighted by atomic mass is 16.3. The molecule has 4 N–H and O–H groups in total. The van der Waals surface area contributed by atoms with Gasteiger partial charge in [0.1, 0.15) is 0 Å². The molecule has 0 unspecified atom stereocenters. The molecule has 1 atom stereocenters. The molecule has 0 fully saturated rings. The molecule has 1 aliphatic rings. The molecule has 0 bridgehead atoms. The molecule has 2 heterocycles. The Morgan fingerprint density at radius 3 is 2.57 bits per heavy atom. The molecular weight excluding hydrogens is 378 g/mol. The number of carbonyl (C=O) groups excluding carboxylic acids is 2. The maximum Gasteiger partial charge on any atom is 0.256 e. The molecule has 2 amide bonds. The molecule has 1 aromatic heterocycles. The first-order valence-corrected chi connectivity index (χ1v) is 9.76. The van der Waals surface area contributed by atoms with E-state index in [0.29, 0.717) is 22.4 Å². The summed E-state index contributed by atoms with van der Waals surface area (Å²) in [7, 11) is 0. The topological polar surface area (TPSA) is 94.2 Å². The van der Waals surface area contributed by atoms with Gasteiger partial charge in [-0.2, -0.15) is 0 Å². The number of aromatic nitrogens is 1. The number of benzene rings is 2. The van der Waals surface area contributed by atoms with Crippen molar-refractivity contribution in [3.05, 3.63) is 88.2 Å². The van der Waals surface area contributed by atoms with E-state index in [9.17, 15) is 14.7 Å². The molecule has 0 spiro atoms. The minimum absolute atomic E-state index is 0.202. The lowest BCUT2D eigenvalue weighted by molar-refractivity contribution is -0.110. The fraction of sp³-hybridized carbons (Fsp3) is 0.167. The van der Waals surface area contributed by atoms with Crippen molar-refractivity contribution in [2.45, 2.75) is 19.9 Å². The second-order valence-corrected chi connectivity index (χ2v) is 7.44. The number of rotatable bonds is 5. The summed E-state index contributed by atoms with van der Waals surface area (Å²) in [5, 5.41) is 15.4. The molecule has 2 aromatic carbocycles. The largest absolute Gasteiger partial charge is 0.394 e. The number of H-pyrrole nitrogens is 1. The number of aryl methyl sites for hydroxylation is 2. The van der Waals surface area contributed by atoms with Crippen molar-refractivity contribution in [2.75, 3.05) is 11.9 Å². The van der Waals surface area contributed by atoms with Crippen molar-refractivity contribution < 1.29 is 14.7 Å². The first-order chi connectivity index (χ1) is 14.5. The summed E-state index contributed by atoms with van der Waals surface area (Å²) in [6.45, 7) is 3.73. The van der Waals surface area contributed by atoms with Crippen molar-refractivity contribution in [3.63, 3.8) is 0 Å². The van der Waals surface area contributed by atoms with Crippen LogP contribution in [0.3, 0.4) is 0 Å². The Kier molecular flexibility index (Phi) is 5.25. The third-order valence-corrected chi connectivity index (χ3v) is 5.23. The predicted octanol–water partition coefficient (Wildman–Crippen LogP) is 3.59. The molecule has 0 saturated carbocycles. The lowest BCUT2D eigenvalue weighted by Crippen LogP contribution is -2.30. The summed E-state index contributed by atoms with van der Waals surface area (Å²) >= 11 is 0. The van der Waals surface area contributed by atoms with Crippen LogP contribution in [0, 0.1) is 13.8 Å². The highest BCUT2D eigenvalue weighted by Crippen LogP contribution is 2.34. The molecule has 6 nitrogen and oxygen atoms in total. The van der Waals surface area contributed by atoms with Gasteiger partial charge in [-0.3, -0.25) is 9.59 Å². The Morgan fingerprint density at radius 1 is 1.13 bits per heavy atom. The van der Waals surface area contributed by atoms with Gasteiger partial charge in [-0.05, 0) is 55.3 Å². The Morgan fingerprint density at radius 2 is 1.90 bits per heavy atom. The molecule has 6 heteroatoms. The number of hydrogen-bond acceptors (Lipinski definition) is 3. The Bertz CT molecular complexity index is 1150. The summed E-state index contributed by atoms with van der Waals surface area (Å²) < 4.78 is 0. The molecule has 1 aliphatic heterocycles. The van der Waals surface area contributed by atoms with E-state index in [1.165, 1.54) is 0 Å². The monoisotopic (exact) mass is 401 g/mol. The van der Waals surface area contributed by atoms with Crippen LogP contribution >= 0.6 is 0 Å². The van der Waals surface area contributed by atoms with Gasteiger partial charge >= 0.3 is 0 Å². The summed E-state index contributed by atoms with van der Waals surface area (Å²) in [5.74, 6) is -0.516. The average molecular weight is 401 g/mol. The summed E-state index contributed by atoms with van der Waals surface area (Å²) in [4.78, 5) is 28.6. The maximum absolute atomic E-state index is 12.8. The smallest absolute Gasteiger partial charge is 0.256 e. The van der Waals surface area contributed by atoms with Gasteiger partial charge in [-0.15, -0.1) is 0 Å². The normalized spacial score (nSPS) is 15.0. The summed E-state index contributed by atoms with van der Waals surface area (Å²) in [5.41, 5.74) is 6.03. The van der Waals surface area contributed by atoms with Crippen molar-refractivity contribution in [1.82, 2.24) is 10.3 Å². The standard InChI is InChI=1S/C24H23N3O3/c1-14-10-15(2)25-21(14)12-19-18-11-17(8-9-20(18)26-24(19)30)23(29)27-22(13-28)16-6-4-3-5-7-16/h3-12,22,25,28H,13H2,1-2H3,(H,26,30)(H,27,29)/b19-12-/t22-/m1/s1. The van der Waals surface area contributed by atoms with E-state index < -0.39 is 6.04 Å². The van der Waals surface area contributed by atoms with Gasteiger partial charge in [-0.25, -0.2) is 0 Å². The van der Waals surface area contributed by atoms with Crippen molar-refractivity contribution in [2.24, 2.45) is 0 Å². The van der Waals surface area contributed by atoms with Gasteiger partial charge in [0.15, 0.2) is 0 Å². The van der Waals surface area contributed by atoms with E-state index in [1.807, 2.05) is 56.3 Å². The van der Waals surface area contributed by atoms with Crippen molar-refractivity contribution in [3.8, 4) is 0 Å². The fourth-order valence-corrected chi connectivity index (χ4v) is 3.68. The average Bonchev–Trinajstić information content (AvgIpc) is 3.23. The van der Waals surface area contributed by atoms with E-state index in [1.54, 1.807) is 18.2 Å². The van der Waals surface area contributed by atoms with Gasteiger partial charge in [-0.1, -0.05) is 30.3 Å². The molecule has 152 valence electrons. The number of amides is 2. The molecule has 30 heavy (non-hydrogen) atoms. The van der Waals surface area contributed by atoms with Crippen LogP contribution in [0.15, 0.2) is 54.6 Å². The first-order valence-electron chi connectivity index (χ1n) is 9.76. The van der Waals surface area contributed by atoms with E-state index >= 15 is 0 Å². The van der Waals surface area contributed by atoms with Crippen LogP contribution in [0.4, 0.5) is 5.69 Å². The lowest BCUT2D eigenvalue weighted by Gasteiger charge is -2.17. The third-order valence-electron chi connectivity index (χ3n) is 5.23. The number of hydrogen-bond donors (Lipinski definition) is 4. The Hall–Kier alpha value is -3.64. The zero-order valence-electron chi connectivity index (χ0n) is 16.8. The SMILES string of the molecule is Cc1cc(C)c(/C=C2\C(=O)Nc3ccc(C(=O)N[C@H](CO)c4ccccc4)cc32)[nH]1. The number of carbonyl (C=O) groups is 2. The predicted molar refractivity (Wildman–Crippen MR) is 117 cm³/mol. The highest BCUT2D eigenvalue weighted by Gasteiger charge is 2.26. The summed E-state index contributed by atoms with van der Waals surface area (Å²) in [6, 6.07) is 15.9. The second-order valence-electron chi connectivity index (χ2n) is 7.44. The quantitative estimate of drug-likeness (QED) is 0.492. The van der Waals surface area contributed by atoms with Crippen molar-refractivity contribution >= 4 is 29.2 Å². The molecule has 3 aromatic rings. The van der Waals surface area contributed by atoms with Gasteiger partial charge < -0.3 is 20.7 Å². The van der Waals surface area contributed by atoms with Crippen LogP contribution in [0.25, 0.3) is 11.6 Å². The van der Waals surface area contributed by atoms with E-state index in [0.717, 1.165) is 22.5 Å². The van der Waals surface area contributed by atoms with Crippen LogP contribution in [0.2, 0.25) is 0 Å². The van der Waals surface area contributed by atoms with Crippen LogP contribution in [-0.2, 0) is 4.79 Å². The van der Waals surface area contributed by atoms with Crippen LogP contribution in [0.5, 0.6) is 0 Å². The van der Waals surface area contributed by atoms with E-state index in [4.69, 9.17) is 0 Å². The first kappa shape index (κ1) is 19.7. The van der Waals surface area contributed by atoms with E-state index in [-0.39, 0.29) is 18.4 Å². The highest BCUT2D eigenvalue weighted by molar-refractivity contribution is 6.35. The zero-order valence-corrected chi connectivity index (χ0v) is 16.8. The summed E-state index contributed by atoms with van der Waals surface area (Å²) in [6.07, 6.45) is 1.81. The van der Waals surface area contributed by atoms with Crippen LogP contribution in [0.1, 0.15) is 44.5 Å². The Labute approximate surface area is 174 Å². The number of aromatic amines is 1. The molecule has 0 aliphatic carbocycles. The molecular formula is C24H23N3O3. The zero-order chi connectivity index (χ0) is 21.3. The minimum atomic E-state index is -0.508. The van der Waals surface area contributed by atoms with Gasteiger partial charge in [0.25, 0.3) is 11.8 Å². The van der Waals surface area contributed by atoms with Crippen molar-refractivity contribution in [1.29, 1.82) is 0 Å². The van der Waals surface area contributed by atoms with Gasteiger partial charge in [0, 0.05) is 28.2 Å². The Balaban J connectivity index is 1.63. The lowest BCUT2D eigenvalue weighted by atomic mass is 10.0.